The molecule has 20 heavy (non-hydrogen) atoms. The minimum atomic E-state index is 0.473. The van der Waals surface area contributed by atoms with E-state index < -0.39 is 0 Å². The molecule has 1 N–H and O–H groups in total. The van der Waals surface area contributed by atoms with Crippen molar-refractivity contribution in [2.75, 3.05) is 5.32 Å². The van der Waals surface area contributed by atoms with Gasteiger partial charge in [0.25, 0.3) is 0 Å². The molecule has 1 unspecified atom stereocenters. The van der Waals surface area contributed by atoms with Crippen LogP contribution in [-0.2, 0) is 0 Å². The van der Waals surface area contributed by atoms with Gasteiger partial charge in [0, 0.05) is 11.4 Å². The van der Waals surface area contributed by atoms with Crippen LogP contribution < -0.4 is 5.32 Å². The van der Waals surface area contributed by atoms with E-state index in [4.69, 9.17) is 4.98 Å². The van der Waals surface area contributed by atoms with E-state index >= 15 is 0 Å². The Kier molecular flexibility index (Phi) is 4.99. The monoisotopic (exact) mass is 270 g/mol. The average molecular weight is 270 g/mol. The number of anilines is 1. The zero-order valence-electron chi connectivity index (χ0n) is 13.1. The van der Waals surface area contributed by atoms with Crippen LogP contribution in [0.1, 0.15) is 45.6 Å². The molecule has 2 aromatic rings. The smallest absolute Gasteiger partial charge is 0.129 e. The van der Waals surface area contributed by atoms with Crippen LogP contribution in [0.25, 0.3) is 10.9 Å². The predicted molar refractivity (Wildman–Crippen MR) is 88.3 cm³/mol. The molecule has 0 aliphatic heterocycles. The van der Waals surface area contributed by atoms with Gasteiger partial charge in [-0.05, 0) is 43.9 Å². The normalized spacial score (nSPS) is 12.8. The lowest BCUT2D eigenvalue weighted by Gasteiger charge is -2.17. The van der Waals surface area contributed by atoms with Crippen molar-refractivity contribution < 1.29 is 0 Å². The van der Waals surface area contributed by atoms with Gasteiger partial charge >= 0.3 is 0 Å². The highest BCUT2D eigenvalue weighted by Crippen LogP contribution is 2.21. The van der Waals surface area contributed by atoms with Crippen molar-refractivity contribution in [3.8, 4) is 0 Å². The van der Waals surface area contributed by atoms with Gasteiger partial charge < -0.3 is 5.32 Å². The van der Waals surface area contributed by atoms with E-state index in [-0.39, 0.29) is 0 Å². The number of hydrogen-bond acceptors (Lipinski definition) is 2. The van der Waals surface area contributed by atoms with Crippen LogP contribution in [0.4, 0.5) is 5.82 Å². The lowest BCUT2D eigenvalue weighted by atomic mass is 10.0. The summed E-state index contributed by atoms with van der Waals surface area (Å²) < 4.78 is 0. The Balaban J connectivity index is 2.03. The number of aromatic nitrogens is 1. The van der Waals surface area contributed by atoms with Crippen molar-refractivity contribution in [3.63, 3.8) is 0 Å². The minimum absolute atomic E-state index is 0.473. The second kappa shape index (κ2) is 6.74. The molecule has 1 aromatic heterocycles. The number of rotatable bonds is 6. The first kappa shape index (κ1) is 14.8. The number of hydrogen-bond donors (Lipinski definition) is 1. The van der Waals surface area contributed by atoms with E-state index in [1.807, 2.05) is 6.07 Å². The van der Waals surface area contributed by atoms with Crippen molar-refractivity contribution in [1.29, 1.82) is 0 Å². The summed E-state index contributed by atoms with van der Waals surface area (Å²) in [5.41, 5.74) is 2.29. The molecular weight excluding hydrogens is 244 g/mol. The molecule has 0 spiro atoms. The Morgan fingerprint density at radius 1 is 1.10 bits per heavy atom. The summed E-state index contributed by atoms with van der Waals surface area (Å²) in [5.74, 6) is 1.82. The first-order valence-electron chi connectivity index (χ1n) is 7.69. The van der Waals surface area contributed by atoms with E-state index in [1.54, 1.807) is 0 Å². The molecule has 0 aliphatic carbocycles. The van der Waals surface area contributed by atoms with E-state index in [0.29, 0.717) is 6.04 Å². The molecular formula is C18H26N2. The highest BCUT2D eigenvalue weighted by Gasteiger charge is 2.07. The van der Waals surface area contributed by atoms with Crippen molar-refractivity contribution in [2.24, 2.45) is 5.92 Å². The predicted octanol–water partition coefficient (Wildman–Crippen LogP) is 5.17. The first-order valence-corrected chi connectivity index (χ1v) is 7.69. The summed E-state index contributed by atoms with van der Waals surface area (Å²) in [7, 11) is 0. The largest absolute Gasteiger partial charge is 0.367 e. The van der Waals surface area contributed by atoms with Gasteiger partial charge in [0.2, 0.25) is 0 Å². The van der Waals surface area contributed by atoms with Crippen molar-refractivity contribution in [3.05, 3.63) is 35.9 Å². The maximum Gasteiger partial charge on any atom is 0.129 e. The van der Waals surface area contributed by atoms with Crippen LogP contribution in [0.3, 0.4) is 0 Å². The highest BCUT2D eigenvalue weighted by molar-refractivity contribution is 5.81. The van der Waals surface area contributed by atoms with E-state index in [9.17, 15) is 0 Å². The zero-order chi connectivity index (χ0) is 14.5. The molecule has 0 fully saturated rings. The SMILES string of the molecule is Cc1cc2ccccc2nc1NC(C)CCCC(C)C. The molecule has 0 bridgehead atoms. The van der Waals surface area contributed by atoms with Gasteiger partial charge in [-0.3, -0.25) is 0 Å². The summed E-state index contributed by atoms with van der Waals surface area (Å²) in [6.45, 7) is 8.94. The highest BCUT2D eigenvalue weighted by atomic mass is 15.0. The first-order chi connectivity index (χ1) is 9.56. The van der Waals surface area contributed by atoms with Crippen LogP contribution in [0.15, 0.2) is 30.3 Å². The molecule has 0 radical (unpaired) electrons. The number of para-hydroxylation sites is 1. The van der Waals surface area contributed by atoms with Gasteiger partial charge in [-0.1, -0.05) is 44.9 Å². The van der Waals surface area contributed by atoms with Gasteiger partial charge in [-0.15, -0.1) is 0 Å². The van der Waals surface area contributed by atoms with Gasteiger partial charge in [0.05, 0.1) is 5.52 Å². The molecule has 0 saturated carbocycles. The molecule has 108 valence electrons. The van der Waals surface area contributed by atoms with E-state index in [0.717, 1.165) is 17.3 Å². The quantitative estimate of drug-likeness (QED) is 0.783. The summed E-state index contributed by atoms with van der Waals surface area (Å²) in [6.07, 6.45) is 3.78. The van der Waals surface area contributed by atoms with Gasteiger partial charge in [0.1, 0.15) is 5.82 Å². The van der Waals surface area contributed by atoms with Crippen LogP contribution in [0, 0.1) is 12.8 Å². The lowest BCUT2D eigenvalue weighted by molar-refractivity contribution is 0.520. The number of fused-ring (bicyclic) bond motifs is 1. The van der Waals surface area contributed by atoms with Crippen molar-refractivity contribution in [2.45, 2.75) is 53.0 Å². The van der Waals surface area contributed by atoms with Gasteiger partial charge in [-0.2, -0.15) is 0 Å². The molecule has 0 amide bonds. The van der Waals surface area contributed by atoms with E-state index in [2.05, 4.69) is 57.3 Å². The molecule has 0 saturated heterocycles. The van der Waals surface area contributed by atoms with E-state index in [1.165, 1.54) is 30.2 Å². The Morgan fingerprint density at radius 3 is 2.60 bits per heavy atom. The lowest BCUT2D eigenvalue weighted by Crippen LogP contribution is -2.17. The van der Waals surface area contributed by atoms with Gasteiger partial charge in [-0.25, -0.2) is 4.98 Å². The number of benzene rings is 1. The maximum absolute atomic E-state index is 4.75. The molecule has 1 aromatic carbocycles. The third-order valence-electron chi connectivity index (χ3n) is 3.72. The summed E-state index contributed by atoms with van der Waals surface area (Å²) >= 11 is 0. The number of nitrogens with one attached hydrogen (secondary N) is 1. The molecule has 2 heteroatoms. The second-order valence-electron chi connectivity index (χ2n) is 6.22. The van der Waals surface area contributed by atoms with Gasteiger partial charge in [0.15, 0.2) is 0 Å². The number of aryl methyl sites for hydroxylation is 1. The average Bonchev–Trinajstić information content (AvgIpc) is 2.39. The number of pyridine rings is 1. The fourth-order valence-electron chi connectivity index (χ4n) is 2.51. The standard InChI is InChI=1S/C18H26N2/c1-13(2)8-7-9-15(4)19-18-14(3)12-16-10-5-6-11-17(16)20-18/h5-6,10-13,15H,7-9H2,1-4H3,(H,19,20). The summed E-state index contributed by atoms with van der Waals surface area (Å²) in [5, 5.41) is 4.78. The summed E-state index contributed by atoms with van der Waals surface area (Å²) in [6, 6.07) is 11.0. The van der Waals surface area contributed by atoms with Crippen molar-refractivity contribution in [1.82, 2.24) is 4.98 Å². The van der Waals surface area contributed by atoms with Crippen molar-refractivity contribution >= 4 is 16.7 Å². The minimum Gasteiger partial charge on any atom is -0.367 e. The molecule has 1 heterocycles. The molecule has 0 aliphatic rings. The Bertz CT molecular complexity index is 560. The molecule has 1 atom stereocenters. The Hall–Kier alpha value is -1.57. The second-order valence-corrected chi connectivity index (χ2v) is 6.22. The topological polar surface area (TPSA) is 24.9 Å². The van der Waals surface area contributed by atoms with Crippen LogP contribution >= 0.6 is 0 Å². The summed E-state index contributed by atoms with van der Waals surface area (Å²) in [4.78, 5) is 4.75. The van der Waals surface area contributed by atoms with Crippen LogP contribution in [0.5, 0.6) is 0 Å². The Labute approximate surface area is 122 Å². The third kappa shape index (κ3) is 3.96. The third-order valence-corrected chi connectivity index (χ3v) is 3.72. The van der Waals surface area contributed by atoms with Crippen LogP contribution in [0.2, 0.25) is 0 Å². The zero-order valence-corrected chi connectivity index (χ0v) is 13.1. The maximum atomic E-state index is 4.75. The fourth-order valence-corrected chi connectivity index (χ4v) is 2.51. The molecule has 2 nitrogen and oxygen atoms in total. The Morgan fingerprint density at radius 2 is 1.85 bits per heavy atom. The van der Waals surface area contributed by atoms with Crippen LogP contribution in [-0.4, -0.2) is 11.0 Å². The number of nitrogens with zero attached hydrogens (tertiary/aromatic N) is 1. The molecule has 2 rings (SSSR count). The fraction of sp³-hybridized carbons (Fsp3) is 0.500.